The van der Waals surface area contributed by atoms with E-state index in [9.17, 15) is 0 Å². The molecule has 0 bridgehead atoms. The molecular formula is C108H78BClN10O2. The van der Waals surface area contributed by atoms with E-state index in [1.165, 1.54) is 32.6 Å². The Labute approximate surface area is 710 Å². The highest BCUT2D eigenvalue weighted by molar-refractivity contribution is 6.62. The Balaban J connectivity index is 0.000000120. The van der Waals surface area contributed by atoms with Gasteiger partial charge < -0.3 is 18.4 Å². The number of hydrogen-bond donors (Lipinski definition) is 0. The third-order valence-electron chi connectivity index (χ3n) is 23.9. The van der Waals surface area contributed by atoms with E-state index in [1.54, 1.807) is 0 Å². The molecular weight excluding hydrogens is 1520 g/mol. The van der Waals surface area contributed by atoms with E-state index < -0.39 is 7.12 Å². The van der Waals surface area contributed by atoms with Crippen LogP contribution in [0.5, 0.6) is 0 Å². The average molecular weight is 1590 g/mol. The lowest BCUT2D eigenvalue weighted by Gasteiger charge is -2.32. The molecule has 1 saturated heterocycles. The third kappa shape index (κ3) is 13.3. The van der Waals surface area contributed by atoms with Gasteiger partial charge in [-0.25, -0.2) is 4.98 Å². The van der Waals surface area contributed by atoms with E-state index in [2.05, 4.69) is 396 Å². The van der Waals surface area contributed by atoms with Crippen LogP contribution in [0.25, 0.3) is 189 Å². The Morgan fingerprint density at radius 3 is 0.910 bits per heavy atom. The number of rotatable bonds is 12. The van der Waals surface area contributed by atoms with Crippen LogP contribution in [0.4, 0.5) is 0 Å². The van der Waals surface area contributed by atoms with Crippen LogP contribution in [0, 0.1) is 0 Å². The fraction of sp³-hybridized carbons (Fsp3) is 0.0556. The summed E-state index contributed by atoms with van der Waals surface area (Å²) < 4.78 is 21.8. The van der Waals surface area contributed by atoms with E-state index in [0.29, 0.717) is 29.4 Å². The maximum atomic E-state index is 6.40. The van der Waals surface area contributed by atoms with Crippen molar-refractivity contribution in [2.75, 3.05) is 0 Å². The Morgan fingerprint density at radius 2 is 0.525 bits per heavy atom. The summed E-state index contributed by atoms with van der Waals surface area (Å²) in [6.07, 6.45) is 0. The van der Waals surface area contributed by atoms with Gasteiger partial charge in [0, 0.05) is 82.0 Å². The van der Waals surface area contributed by atoms with Crippen molar-refractivity contribution in [1.29, 1.82) is 0 Å². The van der Waals surface area contributed by atoms with Gasteiger partial charge >= 0.3 is 7.12 Å². The van der Waals surface area contributed by atoms with Gasteiger partial charge in [-0.1, -0.05) is 340 Å². The summed E-state index contributed by atoms with van der Waals surface area (Å²) >= 11 is 6.40. The lowest BCUT2D eigenvalue weighted by molar-refractivity contribution is 0.00578. The minimum absolute atomic E-state index is 0.164. The fourth-order valence-corrected chi connectivity index (χ4v) is 17.6. The van der Waals surface area contributed by atoms with Crippen molar-refractivity contribution in [3.05, 3.63) is 406 Å². The van der Waals surface area contributed by atoms with Gasteiger partial charge in [-0.05, 0) is 128 Å². The summed E-state index contributed by atoms with van der Waals surface area (Å²) in [4.78, 5) is 29.6. The van der Waals surface area contributed by atoms with Crippen molar-refractivity contribution in [3.8, 4) is 102 Å². The summed E-state index contributed by atoms with van der Waals surface area (Å²) in [5, 5.41) is 9.69. The van der Waals surface area contributed by atoms with Crippen molar-refractivity contribution in [2.45, 2.75) is 38.9 Å². The second-order valence-electron chi connectivity index (χ2n) is 31.7. The van der Waals surface area contributed by atoms with Crippen LogP contribution < -0.4 is 5.46 Å². The third-order valence-corrected chi connectivity index (χ3v) is 24.0. The molecule has 582 valence electrons. The summed E-state index contributed by atoms with van der Waals surface area (Å²) in [5.74, 6) is 2.82. The first-order chi connectivity index (χ1) is 59.9. The Morgan fingerprint density at radius 1 is 0.238 bits per heavy atom. The van der Waals surface area contributed by atoms with Crippen LogP contribution in [-0.4, -0.2) is 66.5 Å². The van der Waals surface area contributed by atoms with Crippen LogP contribution in [0.1, 0.15) is 27.7 Å². The molecule has 0 atom stereocenters. The zero-order valence-electron chi connectivity index (χ0n) is 67.3. The van der Waals surface area contributed by atoms with Crippen LogP contribution >= 0.6 is 11.6 Å². The topological polar surface area (TPSA) is 116 Å². The zero-order valence-corrected chi connectivity index (χ0v) is 68.1. The molecule has 1 aliphatic rings. The van der Waals surface area contributed by atoms with Crippen molar-refractivity contribution >= 4 is 111 Å². The molecule has 1 aliphatic heterocycles. The van der Waals surface area contributed by atoms with Gasteiger partial charge in [0.2, 0.25) is 17.2 Å². The number of benzene rings is 16. The van der Waals surface area contributed by atoms with Crippen molar-refractivity contribution in [2.24, 2.45) is 0 Å². The van der Waals surface area contributed by atoms with Crippen molar-refractivity contribution in [1.82, 2.24) is 48.2 Å². The lowest BCUT2D eigenvalue weighted by atomic mass is 9.77. The lowest BCUT2D eigenvalue weighted by Crippen LogP contribution is -2.41. The quantitative estimate of drug-likeness (QED) is 0.111. The van der Waals surface area contributed by atoms with Gasteiger partial charge in [0.05, 0.1) is 66.7 Å². The number of fused-ring (bicyclic) bond motifs is 12. The Hall–Kier alpha value is -15.0. The van der Waals surface area contributed by atoms with Crippen molar-refractivity contribution in [3.63, 3.8) is 0 Å². The maximum Gasteiger partial charge on any atom is 0.494 e. The average Bonchev–Trinajstić information content (AvgIpc) is 1.58. The first-order valence-electron chi connectivity index (χ1n) is 41.1. The molecule has 23 rings (SSSR count). The molecule has 0 saturated carbocycles. The fourth-order valence-electron chi connectivity index (χ4n) is 17.4. The smallest absolute Gasteiger partial charge is 0.399 e. The molecule has 12 nitrogen and oxygen atoms in total. The highest BCUT2D eigenvalue weighted by Gasteiger charge is 2.52. The van der Waals surface area contributed by atoms with Gasteiger partial charge in [-0.15, -0.1) is 0 Å². The first kappa shape index (κ1) is 74.6. The molecule has 1 fully saturated rings. The molecule has 0 unspecified atom stereocenters. The molecule has 0 amide bonds. The SMILES string of the molecule is CC1(C)OB(c2ccc(-n3c4ccccc4c4ccccc43)c(-c3ccccc3)c2)OC1(C)C.Clc1nc(-c2ccccc2)nc(-n2c3ccccc3c3cccc(-c4ccccc4)c32)n1.c1ccc(-c2nc(-c3ccc(-n4c5ccccc5c5ccccc54)c(-c4ccccc4)c3)nc(-n3c4ccccc4c4cccc(-c5ccccc5)c43)n2)cc1. The highest BCUT2D eigenvalue weighted by Crippen LogP contribution is 2.45. The molecule has 6 aromatic heterocycles. The van der Waals surface area contributed by atoms with E-state index in [1.807, 2.05) is 60.7 Å². The highest BCUT2D eigenvalue weighted by atomic mass is 35.5. The minimum Gasteiger partial charge on any atom is -0.399 e. The monoisotopic (exact) mass is 1590 g/mol. The van der Waals surface area contributed by atoms with Gasteiger partial charge in [0.15, 0.2) is 17.5 Å². The molecule has 14 heteroatoms. The molecule has 22 aromatic rings. The van der Waals surface area contributed by atoms with E-state index >= 15 is 0 Å². The predicted octanol–water partition coefficient (Wildman–Crippen LogP) is 26.4. The summed E-state index contributed by atoms with van der Waals surface area (Å²) in [6.45, 7) is 8.38. The molecule has 0 spiro atoms. The number of aromatic nitrogens is 10. The molecule has 122 heavy (non-hydrogen) atoms. The van der Waals surface area contributed by atoms with Gasteiger partial charge in [0.25, 0.3) is 0 Å². The number of para-hydroxylation sites is 8. The second kappa shape index (κ2) is 31.1. The van der Waals surface area contributed by atoms with Crippen LogP contribution in [0.3, 0.4) is 0 Å². The summed E-state index contributed by atoms with van der Waals surface area (Å²) in [6, 6.07) is 140. The normalized spacial score (nSPS) is 13.0. The largest absolute Gasteiger partial charge is 0.494 e. The Kier molecular flexibility index (Phi) is 19.0. The summed E-state index contributed by atoms with van der Waals surface area (Å²) in [7, 11) is -0.403. The number of hydrogen-bond acceptors (Lipinski definition) is 8. The maximum absolute atomic E-state index is 6.40. The number of nitrogens with zero attached hydrogens (tertiary/aromatic N) is 10. The molecule has 0 N–H and O–H groups in total. The van der Waals surface area contributed by atoms with E-state index in [4.69, 9.17) is 40.8 Å². The van der Waals surface area contributed by atoms with Crippen LogP contribution in [0.2, 0.25) is 5.28 Å². The minimum atomic E-state index is -0.403. The van der Waals surface area contributed by atoms with E-state index in [-0.39, 0.29) is 16.5 Å². The van der Waals surface area contributed by atoms with E-state index in [0.717, 1.165) is 133 Å². The standard InChI is InChI=1S/C51H33N5.C30H28BNO2.C27H17ClN4/c1-4-17-34(18-5-1)38-26-16-27-42-41-25-12-15-30-46(41)56(48(38)42)51-53-49(36-21-8-3-9-22-36)52-50(54-51)37-31-32-47(43(33-37)35-19-6-2-7-20-35)55-44-28-13-10-23-39(44)40-24-11-14-29-45(40)55;1-29(2)30(3,4)34-31(33-29)22-18-19-28(25(20-22)21-12-6-5-7-13-21)32-26-16-10-8-14-23(26)24-15-9-11-17-27(24)32;28-26-29-25(19-12-5-2-6-13-19)30-27(31-26)32-23-17-8-7-14-21(23)22-16-9-15-20(24(22)32)18-10-3-1-4-11-18/h1-33H;5-20H,1-4H3;1-17H. The predicted molar refractivity (Wildman–Crippen MR) is 502 cm³/mol. The van der Waals surface area contributed by atoms with Gasteiger partial charge in [0.1, 0.15) is 0 Å². The van der Waals surface area contributed by atoms with Crippen molar-refractivity contribution < 1.29 is 9.31 Å². The zero-order chi connectivity index (χ0) is 82.0. The first-order valence-corrected chi connectivity index (χ1v) is 41.5. The molecule has 16 aromatic carbocycles. The molecule has 0 radical (unpaired) electrons. The van der Waals surface area contributed by atoms with Crippen LogP contribution in [0.15, 0.2) is 400 Å². The Bertz CT molecular complexity index is 7600. The summed E-state index contributed by atoms with van der Waals surface area (Å²) in [5.41, 5.74) is 23.1. The second-order valence-corrected chi connectivity index (χ2v) is 32.0. The van der Waals surface area contributed by atoms with Gasteiger partial charge in [-0.3, -0.25) is 9.13 Å². The number of halogens is 1. The molecule has 0 aliphatic carbocycles. The molecule has 7 heterocycles. The van der Waals surface area contributed by atoms with Gasteiger partial charge in [-0.2, -0.15) is 24.9 Å². The van der Waals surface area contributed by atoms with Crippen LogP contribution in [-0.2, 0) is 9.31 Å².